The van der Waals surface area contributed by atoms with Crippen LogP contribution in [0.2, 0.25) is 0 Å². The fourth-order valence-electron chi connectivity index (χ4n) is 3.90. The predicted molar refractivity (Wildman–Crippen MR) is 87.1 cm³/mol. The first-order chi connectivity index (χ1) is 11.8. The summed E-state index contributed by atoms with van der Waals surface area (Å²) in [5.74, 6) is 1.53. The van der Waals surface area contributed by atoms with Crippen LogP contribution in [-0.2, 0) is 22.3 Å². The van der Waals surface area contributed by atoms with Crippen LogP contribution in [0.5, 0.6) is 0 Å². The molecule has 3 heterocycles. The van der Waals surface area contributed by atoms with Gasteiger partial charge >= 0.3 is 6.03 Å². The number of amides is 2. The molecule has 132 valence electrons. The minimum Gasteiger partial charge on any atom is -0.381 e. The lowest BCUT2D eigenvalue weighted by Gasteiger charge is -2.35. The number of nitrogens with zero attached hydrogens (tertiary/aromatic N) is 2. The monoisotopic (exact) mass is 335 g/mol. The predicted octanol–water partition coefficient (Wildman–Crippen LogP) is 2.36. The van der Waals surface area contributed by atoms with Crippen LogP contribution in [-0.4, -0.2) is 54.6 Å². The van der Waals surface area contributed by atoms with Gasteiger partial charge in [0, 0.05) is 38.3 Å². The summed E-state index contributed by atoms with van der Waals surface area (Å²) in [6.45, 7) is 3.37. The molecular formula is C17H25N3O4. The number of carbonyl (C=O) groups excluding carboxylic acids is 1. The number of nitrogens with one attached hydrogen (secondary N) is 1. The standard InChI is InChI=1S/C17H25N3O4/c21-16(18-15-13-3-1-2-4-14(13)24-19-15)20-8-5-17(23-12-9-20)6-10-22-11-7-17/h1-12H2,(H,18,19,21). The van der Waals surface area contributed by atoms with E-state index in [2.05, 4.69) is 10.5 Å². The van der Waals surface area contributed by atoms with E-state index in [0.717, 1.165) is 69.5 Å². The van der Waals surface area contributed by atoms with E-state index in [0.29, 0.717) is 25.5 Å². The molecule has 2 saturated heterocycles. The highest BCUT2D eigenvalue weighted by molar-refractivity contribution is 5.89. The Morgan fingerprint density at radius 1 is 1.08 bits per heavy atom. The number of urea groups is 1. The van der Waals surface area contributed by atoms with Crippen molar-refractivity contribution in [1.82, 2.24) is 10.1 Å². The molecule has 3 aliphatic rings. The summed E-state index contributed by atoms with van der Waals surface area (Å²) >= 11 is 0. The summed E-state index contributed by atoms with van der Waals surface area (Å²) in [6, 6.07) is -0.107. The van der Waals surface area contributed by atoms with E-state index in [-0.39, 0.29) is 11.6 Å². The summed E-state index contributed by atoms with van der Waals surface area (Å²) in [5.41, 5.74) is 0.960. The van der Waals surface area contributed by atoms with E-state index in [1.54, 1.807) is 0 Å². The van der Waals surface area contributed by atoms with E-state index in [1.807, 2.05) is 4.90 Å². The Labute approximate surface area is 141 Å². The van der Waals surface area contributed by atoms with Gasteiger partial charge in [0.15, 0.2) is 5.82 Å². The molecule has 2 amide bonds. The first-order valence-corrected chi connectivity index (χ1v) is 9.01. The number of fused-ring (bicyclic) bond motifs is 1. The van der Waals surface area contributed by atoms with Crippen molar-refractivity contribution in [2.75, 3.05) is 38.2 Å². The van der Waals surface area contributed by atoms with Gasteiger partial charge in [-0.25, -0.2) is 4.79 Å². The van der Waals surface area contributed by atoms with Gasteiger partial charge < -0.3 is 18.9 Å². The molecule has 24 heavy (non-hydrogen) atoms. The Balaban J connectivity index is 1.39. The first kappa shape index (κ1) is 15.9. The molecule has 1 aliphatic carbocycles. The highest BCUT2D eigenvalue weighted by Gasteiger charge is 2.36. The lowest BCUT2D eigenvalue weighted by Crippen LogP contribution is -2.40. The molecule has 0 saturated carbocycles. The molecule has 0 unspecified atom stereocenters. The number of aromatic nitrogens is 1. The van der Waals surface area contributed by atoms with E-state index < -0.39 is 0 Å². The molecule has 1 aromatic rings. The SMILES string of the molecule is O=C(Nc1noc2c1CCCC2)N1CCOC2(CCOCC2)CC1. The molecule has 7 heteroatoms. The number of carbonyl (C=O) groups is 1. The van der Waals surface area contributed by atoms with Gasteiger partial charge in [0.05, 0.1) is 12.2 Å². The lowest BCUT2D eigenvalue weighted by atomic mass is 9.90. The van der Waals surface area contributed by atoms with Crippen molar-refractivity contribution in [3.8, 4) is 0 Å². The van der Waals surface area contributed by atoms with Crippen LogP contribution in [0.3, 0.4) is 0 Å². The summed E-state index contributed by atoms with van der Waals surface area (Å²) in [7, 11) is 0. The summed E-state index contributed by atoms with van der Waals surface area (Å²) in [5, 5.41) is 7.00. The van der Waals surface area contributed by atoms with Gasteiger partial charge in [0.1, 0.15) is 5.76 Å². The fourth-order valence-corrected chi connectivity index (χ4v) is 3.90. The van der Waals surface area contributed by atoms with E-state index in [4.69, 9.17) is 14.0 Å². The third kappa shape index (κ3) is 3.15. The minimum atomic E-state index is -0.111. The average molecular weight is 335 g/mol. The van der Waals surface area contributed by atoms with Crippen LogP contribution in [0.25, 0.3) is 0 Å². The number of ether oxygens (including phenoxy) is 2. The summed E-state index contributed by atoms with van der Waals surface area (Å²) in [6.07, 6.45) is 6.80. The number of hydrogen-bond acceptors (Lipinski definition) is 5. The Bertz CT molecular complexity index is 595. The van der Waals surface area contributed by atoms with Gasteiger partial charge in [0.2, 0.25) is 0 Å². The molecule has 1 aromatic heterocycles. The van der Waals surface area contributed by atoms with E-state index in [9.17, 15) is 4.79 Å². The minimum absolute atomic E-state index is 0.107. The number of aryl methyl sites for hydroxylation is 1. The second kappa shape index (κ2) is 6.72. The van der Waals surface area contributed by atoms with Gasteiger partial charge in [-0.1, -0.05) is 5.16 Å². The largest absolute Gasteiger partial charge is 0.381 e. The first-order valence-electron chi connectivity index (χ1n) is 9.01. The van der Waals surface area contributed by atoms with Gasteiger partial charge in [-0.2, -0.15) is 0 Å². The zero-order valence-electron chi connectivity index (χ0n) is 14.0. The maximum absolute atomic E-state index is 12.6. The molecule has 0 atom stereocenters. The average Bonchev–Trinajstić information content (AvgIpc) is 2.90. The molecule has 0 bridgehead atoms. The smallest absolute Gasteiger partial charge is 0.323 e. The van der Waals surface area contributed by atoms with Crippen LogP contribution in [0, 0.1) is 0 Å². The summed E-state index contributed by atoms with van der Waals surface area (Å²) in [4.78, 5) is 14.5. The van der Waals surface area contributed by atoms with Crippen molar-refractivity contribution in [1.29, 1.82) is 0 Å². The van der Waals surface area contributed by atoms with Crippen LogP contribution in [0.4, 0.5) is 10.6 Å². The van der Waals surface area contributed by atoms with Crippen molar-refractivity contribution in [3.63, 3.8) is 0 Å². The molecule has 2 aliphatic heterocycles. The topological polar surface area (TPSA) is 76.8 Å². The van der Waals surface area contributed by atoms with Gasteiger partial charge in [-0.15, -0.1) is 0 Å². The third-order valence-electron chi connectivity index (χ3n) is 5.47. The van der Waals surface area contributed by atoms with Crippen LogP contribution >= 0.6 is 0 Å². The molecule has 0 aromatic carbocycles. The van der Waals surface area contributed by atoms with Gasteiger partial charge in [0.25, 0.3) is 0 Å². The Morgan fingerprint density at radius 2 is 1.92 bits per heavy atom. The molecule has 2 fully saturated rings. The zero-order valence-corrected chi connectivity index (χ0v) is 14.0. The normalized spacial score (nSPS) is 23.6. The Morgan fingerprint density at radius 3 is 2.79 bits per heavy atom. The van der Waals surface area contributed by atoms with Crippen molar-refractivity contribution < 1.29 is 18.8 Å². The van der Waals surface area contributed by atoms with Crippen molar-refractivity contribution in [2.24, 2.45) is 0 Å². The third-order valence-corrected chi connectivity index (χ3v) is 5.47. The van der Waals surface area contributed by atoms with Crippen molar-refractivity contribution in [2.45, 2.75) is 50.5 Å². The number of anilines is 1. The van der Waals surface area contributed by atoms with Crippen LogP contribution in [0.1, 0.15) is 43.4 Å². The maximum atomic E-state index is 12.6. The second-order valence-electron chi connectivity index (χ2n) is 6.95. The lowest BCUT2D eigenvalue weighted by molar-refractivity contribution is -0.105. The van der Waals surface area contributed by atoms with Crippen molar-refractivity contribution in [3.05, 3.63) is 11.3 Å². The van der Waals surface area contributed by atoms with Gasteiger partial charge in [-0.05, 0) is 38.5 Å². The van der Waals surface area contributed by atoms with Crippen LogP contribution in [0.15, 0.2) is 4.52 Å². The highest BCUT2D eigenvalue weighted by atomic mass is 16.5. The molecular weight excluding hydrogens is 310 g/mol. The number of hydrogen-bond donors (Lipinski definition) is 1. The molecule has 0 radical (unpaired) electrons. The molecule has 1 N–H and O–H groups in total. The molecule has 1 spiro atoms. The summed E-state index contributed by atoms with van der Waals surface area (Å²) < 4.78 is 16.9. The maximum Gasteiger partial charge on any atom is 0.323 e. The highest BCUT2D eigenvalue weighted by Crippen LogP contribution is 2.31. The zero-order chi connectivity index (χ0) is 16.4. The van der Waals surface area contributed by atoms with E-state index in [1.165, 1.54) is 0 Å². The Kier molecular flexibility index (Phi) is 4.45. The quantitative estimate of drug-likeness (QED) is 0.852. The van der Waals surface area contributed by atoms with E-state index >= 15 is 0 Å². The Hall–Kier alpha value is -1.60. The fraction of sp³-hybridized carbons (Fsp3) is 0.765. The van der Waals surface area contributed by atoms with Gasteiger partial charge in [-0.3, -0.25) is 5.32 Å². The molecule has 4 rings (SSSR count). The van der Waals surface area contributed by atoms with Crippen molar-refractivity contribution >= 4 is 11.8 Å². The number of rotatable bonds is 1. The molecule has 7 nitrogen and oxygen atoms in total. The second-order valence-corrected chi connectivity index (χ2v) is 6.95. The van der Waals surface area contributed by atoms with Crippen LogP contribution < -0.4 is 5.32 Å².